The Bertz CT molecular complexity index is 354. The van der Waals surface area contributed by atoms with E-state index >= 15 is 0 Å². The van der Waals surface area contributed by atoms with Gasteiger partial charge < -0.3 is 9.47 Å². The third-order valence-corrected chi connectivity index (χ3v) is 1.71. The molecule has 0 N–H and O–H groups in total. The van der Waals surface area contributed by atoms with Crippen molar-refractivity contribution < 1.29 is 23.0 Å². The number of esters is 1. The zero-order valence-electron chi connectivity index (χ0n) is 8.34. The summed E-state index contributed by atoms with van der Waals surface area (Å²) in [5.74, 6) is -3.12. The Hall–Kier alpha value is -1.65. The Morgan fingerprint density at radius 2 is 1.87 bits per heavy atom. The second-order valence-corrected chi connectivity index (χ2v) is 2.69. The van der Waals surface area contributed by atoms with Gasteiger partial charge in [0, 0.05) is 0 Å². The van der Waals surface area contributed by atoms with Gasteiger partial charge >= 0.3 is 5.97 Å². The van der Waals surface area contributed by atoms with Crippen LogP contribution in [0.5, 0.6) is 5.75 Å². The van der Waals surface area contributed by atoms with E-state index in [1.807, 2.05) is 0 Å². The number of benzene rings is 1. The number of halogens is 2. The van der Waals surface area contributed by atoms with Crippen LogP contribution in [-0.2, 0) is 4.74 Å². The smallest absolute Gasteiger partial charge is 0.338 e. The molecule has 0 aromatic heterocycles. The molecular formula is C10H10F2O3. The minimum absolute atomic E-state index is 0.144. The maximum Gasteiger partial charge on any atom is 0.338 e. The topological polar surface area (TPSA) is 35.5 Å². The highest BCUT2D eigenvalue weighted by Gasteiger charge is 2.16. The summed E-state index contributed by atoms with van der Waals surface area (Å²) in [6.45, 7) is 1.75. The number of carbonyl (C=O) groups excluding carboxylic acids is 1. The third kappa shape index (κ3) is 2.43. The summed E-state index contributed by atoms with van der Waals surface area (Å²) >= 11 is 0. The molecule has 0 saturated heterocycles. The van der Waals surface area contributed by atoms with Crippen molar-refractivity contribution in [1.29, 1.82) is 0 Å². The van der Waals surface area contributed by atoms with Crippen molar-refractivity contribution in [1.82, 2.24) is 0 Å². The average Bonchev–Trinajstić information content (AvgIpc) is 2.22. The highest BCUT2D eigenvalue weighted by Crippen LogP contribution is 2.23. The maximum absolute atomic E-state index is 13.2. The molecule has 0 heterocycles. The van der Waals surface area contributed by atoms with Gasteiger partial charge in [0.1, 0.15) is 0 Å². The molecule has 0 amide bonds. The van der Waals surface area contributed by atoms with Crippen LogP contribution >= 0.6 is 0 Å². The van der Waals surface area contributed by atoms with Crippen LogP contribution in [0.15, 0.2) is 12.1 Å². The first-order valence-corrected chi connectivity index (χ1v) is 4.30. The number of ether oxygens (including phenoxy) is 2. The lowest BCUT2D eigenvalue weighted by Crippen LogP contribution is -2.05. The second-order valence-electron chi connectivity index (χ2n) is 2.69. The summed E-state index contributed by atoms with van der Waals surface area (Å²) in [5, 5.41) is 0. The maximum atomic E-state index is 13.2. The molecule has 0 unspecified atom stereocenters. The van der Waals surface area contributed by atoms with Gasteiger partial charge in [-0.1, -0.05) is 0 Å². The van der Waals surface area contributed by atoms with Crippen LogP contribution in [0, 0.1) is 11.6 Å². The lowest BCUT2D eigenvalue weighted by atomic mass is 10.2. The predicted octanol–water partition coefficient (Wildman–Crippen LogP) is 2.15. The van der Waals surface area contributed by atoms with Crippen LogP contribution in [0.25, 0.3) is 0 Å². The highest BCUT2D eigenvalue weighted by atomic mass is 19.1. The standard InChI is InChI=1S/C10H10F2O3/c1-3-15-9-7(11)4-6(5-8(9)12)10(13)14-2/h4-5H,3H2,1-2H3. The third-order valence-electron chi connectivity index (χ3n) is 1.71. The monoisotopic (exact) mass is 216 g/mol. The molecule has 1 rings (SSSR count). The molecule has 82 valence electrons. The molecular weight excluding hydrogens is 206 g/mol. The normalized spacial score (nSPS) is 9.87. The molecule has 1 aromatic carbocycles. The fourth-order valence-electron chi connectivity index (χ4n) is 1.08. The van der Waals surface area contributed by atoms with Crippen LogP contribution in [0.1, 0.15) is 17.3 Å². The second kappa shape index (κ2) is 4.72. The summed E-state index contributed by atoms with van der Waals surface area (Å²) in [4.78, 5) is 11.0. The number of methoxy groups -OCH3 is 1. The van der Waals surface area contributed by atoms with E-state index in [9.17, 15) is 13.6 Å². The number of carbonyl (C=O) groups is 1. The van der Waals surface area contributed by atoms with Gasteiger partial charge in [-0.05, 0) is 19.1 Å². The van der Waals surface area contributed by atoms with Crippen LogP contribution in [-0.4, -0.2) is 19.7 Å². The van der Waals surface area contributed by atoms with Crippen LogP contribution < -0.4 is 4.74 Å². The van der Waals surface area contributed by atoms with Crippen molar-refractivity contribution in [3.05, 3.63) is 29.3 Å². The summed E-state index contributed by atoms with van der Waals surface area (Å²) < 4.78 is 35.5. The van der Waals surface area contributed by atoms with Gasteiger partial charge in [-0.25, -0.2) is 13.6 Å². The first-order valence-electron chi connectivity index (χ1n) is 4.30. The van der Waals surface area contributed by atoms with E-state index in [0.717, 1.165) is 19.2 Å². The quantitative estimate of drug-likeness (QED) is 0.726. The molecule has 0 aliphatic carbocycles. The van der Waals surface area contributed by atoms with E-state index in [1.54, 1.807) is 6.92 Å². The summed E-state index contributed by atoms with van der Waals surface area (Å²) in [6, 6.07) is 1.75. The largest absolute Gasteiger partial charge is 0.488 e. The van der Waals surface area contributed by atoms with E-state index in [1.165, 1.54) is 0 Å². The highest BCUT2D eigenvalue weighted by molar-refractivity contribution is 5.89. The first kappa shape index (κ1) is 11.4. The van der Waals surface area contributed by atoms with Crippen molar-refractivity contribution in [2.75, 3.05) is 13.7 Å². The van der Waals surface area contributed by atoms with Crippen LogP contribution in [0.2, 0.25) is 0 Å². The van der Waals surface area contributed by atoms with E-state index in [-0.39, 0.29) is 12.2 Å². The molecule has 3 nitrogen and oxygen atoms in total. The van der Waals surface area contributed by atoms with Crippen molar-refractivity contribution in [3.8, 4) is 5.75 Å². The predicted molar refractivity (Wildman–Crippen MR) is 48.9 cm³/mol. The number of hydrogen-bond acceptors (Lipinski definition) is 3. The Labute approximate surface area is 85.6 Å². The number of hydrogen-bond donors (Lipinski definition) is 0. The zero-order valence-corrected chi connectivity index (χ0v) is 8.34. The lowest BCUT2D eigenvalue weighted by molar-refractivity contribution is 0.0599. The molecule has 0 aliphatic rings. The average molecular weight is 216 g/mol. The van der Waals surface area contributed by atoms with E-state index < -0.39 is 23.4 Å². The van der Waals surface area contributed by atoms with E-state index in [2.05, 4.69) is 4.74 Å². The summed E-state index contributed by atoms with van der Waals surface area (Å²) in [7, 11) is 1.13. The van der Waals surface area contributed by atoms with Gasteiger partial charge in [-0.3, -0.25) is 0 Å². The molecule has 1 aromatic rings. The molecule has 0 bridgehead atoms. The molecule has 0 saturated carbocycles. The fourth-order valence-corrected chi connectivity index (χ4v) is 1.08. The van der Waals surface area contributed by atoms with Gasteiger partial charge in [0.2, 0.25) is 0 Å². The van der Waals surface area contributed by atoms with Gasteiger partial charge in [-0.2, -0.15) is 0 Å². The van der Waals surface area contributed by atoms with Crippen molar-refractivity contribution >= 4 is 5.97 Å². The number of rotatable bonds is 3. The molecule has 0 atom stereocenters. The van der Waals surface area contributed by atoms with Gasteiger partial charge in [0.05, 0.1) is 19.3 Å². The Balaban J connectivity index is 3.13. The molecule has 5 heteroatoms. The first-order chi connectivity index (χ1) is 7.10. The molecule has 15 heavy (non-hydrogen) atoms. The van der Waals surface area contributed by atoms with Crippen LogP contribution in [0.4, 0.5) is 8.78 Å². The van der Waals surface area contributed by atoms with Crippen LogP contribution in [0.3, 0.4) is 0 Å². The molecule has 0 spiro atoms. The van der Waals surface area contributed by atoms with Crippen molar-refractivity contribution in [3.63, 3.8) is 0 Å². The molecule has 0 radical (unpaired) electrons. The van der Waals surface area contributed by atoms with Gasteiger partial charge in [0.15, 0.2) is 17.4 Å². The Morgan fingerprint density at radius 3 is 2.27 bits per heavy atom. The molecule has 0 aliphatic heterocycles. The Kier molecular flexibility index (Phi) is 3.60. The minimum Gasteiger partial charge on any atom is -0.488 e. The minimum atomic E-state index is -0.919. The molecule has 0 fully saturated rings. The Morgan fingerprint density at radius 1 is 1.33 bits per heavy atom. The van der Waals surface area contributed by atoms with E-state index in [4.69, 9.17) is 4.74 Å². The fraction of sp³-hybridized carbons (Fsp3) is 0.300. The van der Waals surface area contributed by atoms with E-state index in [0.29, 0.717) is 0 Å². The summed E-state index contributed by atoms with van der Waals surface area (Å²) in [6.07, 6.45) is 0. The van der Waals surface area contributed by atoms with Crippen molar-refractivity contribution in [2.45, 2.75) is 6.92 Å². The lowest BCUT2D eigenvalue weighted by Gasteiger charge is -2.07. The summed E-state index contributed by atoms with van der Waals surface area (Å²) in [5.41, 5.74) is -0.184. The SMILES string of the molecule is CCOc1c(F)cc(C(=O)OC)cc1F. The van der Waals surface area contributed by atoms with Gasteiger partial charge in [0.25, 0.3) is 0 Å². The van der Waals surface area contributed by atoms with Crippen molar-refractivity contribution in [2.24, 2.45) is 0 Å². The van der Waals surface area contributed by atoms with Gasteiger partial charge in [-0.15, -0.1) is 0 Å². The zero-order chi connectivity index (χ0) is 11.4.